The summed E-state index contributed by atoms with van der Waals surface area (Å²) in [5, 5.41) is 6.86. The number of carbonyl (C=O) groups excluding carboxylic acids is 2. The Labute approximate surface area is 197 Å². The predicted octanol–water partition coefficient (Wildman–Crippen LogP) is 5.42. The van der Waals surface area contributed by atoms with E-state index >= 15 is 0 Å². The minimum atomic E-state index is -0.964. The molecule has 0 aliphatic carbocycles. The first kappa shape index (κ1) is 22.8. The zero-order valence-electron chi connectivity index (χ0n) is 15.9. The van der Waals surface area contributed by atoms with Crippen LogP contribution in [0.15, 0.2) is 76.3 Å². The maximum atomic E-state index is 12.1. The van der Waals surface area contributed by atoms with Gasteiger partial charge in [-0.25, -0.2) is 5.43 Å². The second kappa shape index (κ2) is 10.9. The summed E-state index contributed by atoms with van der Waals surface area (Å²) in [6, 6.07) is 19.6. The number of benzene rings is 3. The van der Waals surface area contributed by atoms with Gasteiger partial charge in [0, 0.05) is 15.1 Å². The molecule has 0 aliphatic heterocycles. The number of anilines is 1. The van der Waals surface area contributed by atoms with Gasteiger partial charge in [-0.2, -0.15) is 5.10 Å². The first-order valence-electron chi connectivity index (χ1n) is 8.98. The zero-order valence-corrected chi connectivity index (χ0v) is 19.0. The van der Waals surface area contributed by atoms with Gasteiger partial charge in [0.15, 0.2) is 0 Å². The number of ether oxygens (including phenoxy) is 1. The lowest BCUT2D eigenvalue weighted by Gasteiger charge is -2.10. The van der Waals surface area contributed by atoms with Crippen molar-refractivity contribution in [1.29, 1.82) is 0 Å². The van der Waals surface area contributed by atoms with Crippen molar-refractivity contribution in [2.75, 3.05) is 5.32 Å². The van der Waals surface area contributed by atoms with Crippen molar-refractivity contribution in [2.24, 2.45) is 5.10 Å². The highest BCUT2D eigenvalue weighted by Crippen LogP contribution is 2.25. The third kappa shape index (κ3) is 6.82. The maximum absolute atomic E-state index is 12.1. The molecule has 0 bridgehead atoms. The number of carbonyl (C=O) groups is 2. The van der Waals surface area contributed by atoms with E-state index in [0.29, 0.717) is 22.9 Å². The second-order valence-electron chi connectivity index (χ2n) is 6.23. The number of nitrogens with zero attached hydrogens (tertiary/aromatic N) is 1. The number of halogens is 3. The van der Waals surface area contributed by atoms with Crippen molar-refractivity contribution in [2.45, 2.75) is 6.61 Å². The van der Waals surface area contributed by atoms with Crippen LogP contribution in [0.3, 0.4) is 0 Å². The molecule has 2 amide bonds. The Bertz CT molecular complexity index is 1120. The van der Waals surface area contributed by atoms with Crippen LogP contribution in [-0.2, 0) is 16.2 Å². The number of amides is 2. The molecule has 0 heterocycles. The average Bonchev–Trinajstić information content (AvgIpc) is 2.76. The smallest absolute Gasteiger partial charge is 0.329 e. The first-order valence-corrected chi connectivity index (χ1v) is 10.5. The summed E-state index contributed by atoms with van der Waals surface area (Å²) in [5.74, 6) is -1.33. The van der Waals surface area contributed by atoms with Crippen molar-refractivity contribution in [3.8, 4) is 5.75 Å². The van der Waals surface area contributed by atoms with Gasteiger partial charge in [-0.05, 0) is 42.0 Å². The fourth-order valence-corrected chi connectivity index (χ4v) is 3.19. The topological polar surface area (TPSA) is 79.8 Å². The summed E-state index contributed by atoms with van der Waals surface area (Å²) in [6.07, 6.45) is 1.39. The molecular weight excluding hydrogens is 505 g/mol. The van der Waals surface area contributed by atoms with E-state index in [1.165, 1.54) is 18.3 Å². The van der Waals surface area contributed by atoms with Crippen LogP contribution in [0, 0.1) is 0 Å². The molecule has 158 valence electrons. The van der Waals surface area contributed by atoms with Gasteiger partial charge in [-0.15, -0.1) is 0 Å². The van der Waals surface area contributed by atoms with Gasteiger partial charge >= 0.3 is 11.8 Å². The predicted molar refractivity (Wildman–Crippen MR) is 126 cm³/mol. The fraction of sp³-hybridized carbons (Fsp3) is 0.0455. The molecule has 0 spiro atoms. The maximum Gasteiger partial charge on any atom is 0.329 e. The highest BCUT2D eigenvalue weighted by molar-refractivity contribution is 9.10. The lowest BCUT2D eigenvalue weighted by Crippen LogP contribution is -2.32. The molecule has 0 aromatic heterocycles. The summed E-state index contributed by atoms with van der Waals surface area (Å²) < 4.78 is 6.66. The minimum absolute atomic E-state index is 0.224. The highest BCUT2D eigenvalue weighted by Gasteiger charge is 2.15. The third-order valence-electron chi connectivity index (χ3n) is 3.96. The normalized spacial score (nSPS) is 10.7. The molecule has 0 radical (unpaired) electrons. The molecule has 0 fully saturated rings. The van der Waals surface area contributed by atoms with Crippen LogP contribution in [0.4, 0.5) is 5.69 Å². The summed E-state index contributed by atoms with van der Waals surface area (Å²) in [6.45, 7) is 0.373. The average molecular weight is 521 g/mol. The van der Waals surface area contributed by atoms with Crippen LogP contribution in [0.2, 0.25) is 10.0 Å². The Morgan fingerprint density at radius 2 is 1.77 bits per heavy atom. The van der Waals surface area contributed by atoms with Crippen molar-refractivity contribution in [1.82, 2.24) is 5.43 Å². The van der Waals surface area contributed by atoms with E-state index in [9.17, 15) is 9.59 Å². The van der Waals surface area contributed by atoms with Gasteiger partial charge in [0.2, 0.25) is 0 Å². The molecule has 0 saturated heterocycles. The molecule has 9 heteroatoms. The van der Waals surface area contributed by atoms with Crippen molar-refractivity contribution < 1.29 is 14.3 Å². The number of nitrogens with one attached hydrogen (secondary N) is 2. The van der Waals surface area contributed by atoms with Crippen LogP contribution in [-0.4, -0.2) is 18.0 Å². The SMILES string of the molecule is O=C(N/N=C/c1cc(Br)ccc1OCc1ccccc1)C(=O)Nc1cc(Cl)ccc1Cl. The zero-order chi connectivity index (χ0) is 22.2. The molecule has 3 rings (SSSR count). The van der Waals surface area contributed by atoms with E-state index in [2.05, 4.69) is 31.8 Å². The molecule has 0 unspecified atom stereocenters. The minimum Gasteiger partial charge on any atom is -0.488 e. The molecule has 2 N–H and O–H groups in total. The summed E-state index contributed by atoms with van der Waals surface area (Å²) in [4.78, 5) is 24.1. The quantitative estimate of drug-likeness (QED) is 0.258. The molecule has 0 atom stereocenters. The molecular formula is C22H16BrCl2N3O3. The van der Waals surface area contributed by atoms with Gasteiger partial charge in [0.25, 0.3) is 0 Å². The molecule has 31 heavy (non-hydrogen) atoms. The van der Waals surface area contributed by atoms with Crippen LogP contribution in [0.25, 0.3) is 0 Å². The standard InChI is InChI=1S/C22H16BrCl2N3O3/c23-16-6-9-20(31-13-14-4-2-1-3-5-14)15(10-16)12-26-28-22(30)21(29)27-19-11-17(24)7-8-18(19)25/h1-12H,13H2,(H,27,29)(H,28,30)/b26-12+. The van der Waals surface area contributed by atoms with E-state index in [1.807, 2.05) is 36.4 Å². The Kier molecular flexibility index (Phi) is 8.06. The Morgan fingerprint density at radius 3 is 2.55 bits per heavy atom. The number of hydrogen-bond acceptors (Lipinski definition) is 4. The lowest BCUT2D eigenvalue weighted by atomic mass is 10.2. The van der Waals surface area contributed by atoms with Gasteiger partial charge in [-0.1, -0.05) is 69.5 Å². The van der Waals surface area contributed by atoms with E-state index in [-0.39, 0.29) is 10.7 Å². The van der Waals surface area contributed by atoms with Gasteiger partial charge in [0.05, 0.1) is 16.9 Å². The first-order chi connectivity index (χ1) is 14.9. The fourth-order valence-electron chi connectivity index (χ4n) is 2.47. The molecule has 0 aliphatic rings. The van der Waals surface area contributed by atoms with Crippen molar-refractivity contribution >= 4 is 62.8 Å². The lowest BCUT2D eigenvalue weighted by molar-refractivity contribution is -0.136. The number of hydrogen-bond donors (Lipinski definition) is 2. The van der Waals surface area contributed by atoms with Gasteiger partial charge in [-0.3, -0.25) is 9.59 Å². The van der Waals surface area contributed by atoms with Gasteiger partial charge in [0.1, 0.15) is 12.4 Å². The van der Waals surface area contributed by atoms with E-state index in [1.54, 1.807) is 18.2 Å². The summed E-state index contributed by atoms with van der Waals surface area (Å²) in [5.41, 5.74) is 4.03. The Balaban J connectivity index is 1.63. The largest absolute Gasteiger partial charge is 0.488 e. The molecule has 3 aromatic rings. The van der Waals surface area contributed by atoms with Crippen LogP contribution < -0.4 is 15.5 Å². The van der Waals surface area contributed by atoms with Crippen LogP contribution in [0.5, 0.6) is 5.75 Å². The number of hydrazone groups is 1. The molecule has 3 aromatic carbocycles. The molecule has 0 saturated carbocycles. The second-order valence-corrected chi connectivity index (χ2v) is 7.99. The van der Waals surface area contributed by atoms with E-state index < -0.39 is 11.8 Å². The summed E-state index contributed by atoms with van der Waals surface area (Å²) in [7, 11) is 0. The van der Waals surface area contributed by atoms with Crippen molar-refractivity contribution in [3.05, 3.63) is 92.4 Å². The monoisotopic (exact) mass is 519 g/mol. The Hall–Kier alpha value is -2.87. The molecule has 6 nitrogen and oxygen atoms in total. The van der Waals surface area contributed by atoms with E-state index in [4.69, 9.17) is 27.9 Å². The van der Waals surface area contributed by atoms with Crippen LogP contribution in [0.1, 0.15) is 11.1 Å². The van der Waals surface area contributed by atoms with E-state index in [0.717, 1.165) is 10.0 Å². The third-order valence-corrected chi connectivity index (χ3v) is 5.02. The Morgan fingerprint density at radius 1 is 1.00 bits per heavy atom. The van der Waals surface area contributed by atoms with Crippen LogP contribution >= 0.6 is 39.1 Å². The van der Waals surface area contributed by atoms with Crippen molar-refractivity contribution in [3.63, 3.8) is 0 Å². The summed E-state index contributed by atoms with van der Waals surface area (Å²) >= 11 is 15.3. The number of rotatable bonds is 6. The highest BCUT2D eigenvalue weighted by atomic mass is 79.9. The van der Waals surface area contributed by atoms with Gasteiger partial charge < -0.3 is 10.1 Å².